The van der Waals surface area contributed by atoms with Crippen molar-refractivity contribution in [3.63, 3.8) is 0 Å². The van der Waals surface area contributed by atoms with E-state index in [1.165, 1.54) is 6.33 Å². The number of imidazole rings is 1. The van der Waals surface area contributed by atoms with Crippen molar-refractivity contribution >= 4 is 5.97 Å². The van der Waals surface area contributed by atoms with Crippen molar-refractivity contribution in [1.29, 1.82) is 0 Å². The van der Waals surface area contributed by atoms with Crippen molar-refractivity contribution in [2.45, 2.75) is 12.5 Å². The molecule has 0 amide bonds. The second-order valence-electron chi connectivity index (χ2n) is 2.23. The summed E-state index contributed by atoms with van der Waals surface area (Å²) < 4.78 is 0. The summed E-state index contributed by atoms with van der Waals surface area (Å²) in [7, 11) is 0. The fourth-order valence-electron chi connectivity index (χ4n) is 0.721. The molecule has 1 atom stereocenters. The predicted molar refractivity (Wildman–Crippen MR) is 37.9 cm³/mol. The molecule has 0 bridgehead atoms. The first-order valence-electron chi connectivity index (χ1n) is 3.16. The Morgan fingerprint density at radius 2 is 2.21 bits per heavy atom. The third-order valence-electron chi connectivity index (χ3n) is 1.31. The van der Waals surface area contributed by atoms with Gasteiger partial charge in [-0.25, -0.2) is 4.98 Å². The topological polar surface area (TPSA) is 92.0 Å². The second kappa shape index (κ2) is 9.46. The molecule has 1 aromatic heterocycles. The Hall–Kier alpha value is -0.0917. The molecule has 0 aliphatic heterocycles. The molecule has 0 saturated carbocycles. The number of hydrogen-bond donors (Lipinski definition) is 3. The monoisotopic (exact) mass is 420 g/mol. The first-order valence-corrected chi connectivity index (χ1v) is 3.16. The van der Waals surface area contributed by atoms with Crippen molar-refractivity contribution in [2.75, 3.05) is 0 Å². The molecule has 84 valence electrons. The van der Waals surface area contributed by atoms with Gasteiger partial charge < -0.3 is 40.6 Å². The number of carbonyl (C=O) groups is 1. The number of nitrogens with one attached hydrogen (secondary N) is 1. The second-order valence-corrected chi connectivity index (χ2v) is 2.23. The number of nitrogens with zero attached hydrogens (tertiary/aromatic N) is 1. The molecule has 0 saturated heterocycles. The number of carboxylic acids is 1. The van der Waals surface area contributed by atoms with Crippen LogP contribution in [0.15, 0.2) is 12.5 Å². The molecule has 14 heavy (non-hydrogen) atoms. The van der Waals surface area contributed by atoms with Crippen molar-refractivity contribution in [3.8, 4) is 0 Å². The number of aromatic nitrogens is 2. The van der Waals surface area contributed by atoms with Crippen LogP contribution < -0.4 is 30.5 Å². The van der Waals surface area contributed by atoms with E-state index in [9.17, 15) is 4.79 Å². The zero-order valence-electron chi connectivity index (χ0n) is 6.89. The largest absolute Gasteiger partial charge is 2.00 e. The van der Waals surface area contributed by atoms with Crippen molar-refractivity contribution in [2.24, 2.45) is 5.73 Å². The molecule has 1 aromatic rings. The van der Waals surface area contributed by atoms with Gasteiger partial charge in [0.25, 0.3) is 0 Å². The van der Waals surface area contributed by atoms with E-state index in [4.69, 9.17) is 10.8 Å². The number of rotatable bonds is 3. The van der Waals surface area contributed by atoms with E-state index in [-0.39, 0.29) is 52.3 Å². The SMILES string of the molecule is NC(Cc1cnc[nH]1)C(=O)O.[Cl-].[Cl-].[Pt+2]. The molecule has 8 heteroatoms. The van der Waals surface area contributed by atoms with Crippen LogP contribution in [0.3, 0.4) is 0 Å². The van der Waals surface area contributed by atoms with Crippen molar-refractivity contribution in [3.05, 3.63) is 18.2 Å². The number of carboxylic acid groups (broad SMARTS) is 1. The minimum absolute atomic E-state index is 0. The molecular weight excluding hydrogens is 412 g/mol. The van der Waals surface area contributed by atoms with E-state index in [0.717, 1.165) is 5.69 Å². The Bertz CT molecular complexity index is 245. The Kier molecular flexibility index (Phi) is 13.2. The van der Waals surface area contributed by atoms with Gasteiger partial charge in [0.05, 0.1) is 6.33 Å². The van der Waals surface area contributed by atoms with E-state index in [2.05, 4.69) is 9.97 Å². The molecule has 0 radical (unpaired) electrons. The summed E-state index contributed by atoms with van der Waals surface area (Å²) in [6.45, 7) is 0. The Labute approximate surface area is 108 Å². The fourth-order valence-corrected chi connectivity index (χ4v) is 0.721. The van der Waals surface area contributed by atoms with Crippen molar-refractivity contribution in [1.82, 2.24) is 9.97 Å². The van der Waals surface area contributed by atoms with Gasteiger partial charge >= 0.3 is 27.0 Å². The summed E-state index contributed by atoms with van der Waals surface area (Å²) in [4.78, 5) is 16.8. The summed E-state index contributed by atoms with van der Waals surface area (Å²) in [6.07, 6.45) is 3.34. The minimum Gasteiger partial charge on any atom is -1.00 e. The summed E-state index contributed by atoms with van der Waals surface area (Å²) in [5.74, 6) is -1.00. The Balaban J connectivity index is -0.000000403. The van der Waals surface area contributed by atoms with Crippen LogP contribution in [0, 0.1) is 0 Å². The molecule has 0 fully saturated rings. The summed E-state index contributed by atoms with van der Waals surface area (Å²) in [5, 5.41) is 8.42. The van der Waals surface area contributed by atoms with Crippen LogP contribution in [0.1, 0.15) is 5.69 Å². The van der Waals surface area contributed by atoms with Gasteiger partial charge in [0.1, 0.15) is 6.04 Å². The maximum atomic E-state index is 10.3. The Morgan fingerprint density at radius 1 is 1.64 bits per heavy atom. The summed E-state index contributed by atoms with van der Waals surface area (Å²) in [6, 6.07) is -0.851. The van der Waals surface area contributed by atoms with Crippen LogP contribution in [0.2, 0.25) is 0 Å². The third kappa shape index (κ3) is 6.38. The van der Waals surface area contributed by atoms with Crippen LogP contribution in [0.25, 0.3) is 0 Å². The first-order chi connectivity index (χ1) is 5.20. The van der Waals surface area contributed by atoms with E-state index in [1.54, 1.807) is 6.20 Å². The van der Waals surface area contributed by atoms with Crippen molar-refractivity contribution < 1.29 is 55.8 Å². The molecule has 4 N–H and O–H groups in total. The molecule has 5 nitrogen and oxygen atoms in total. The number of halogens is 2. The van der Waals surface area contributed by atoms with Gasteiger partial charge in [-0.15, -0.1) is 0 Å². The maximum absolute atomic E-state index is 10.3. The number of H-pyrrole nitrogens is 1. The molecule has 0 aliphatic carbocycles. The summed E-state index contributed by atoms with van der Waals surface area (Å²) >= 11 is 0. The molecular formula is C6H9Cl2N3O2Pt. The fraction of sp³-hybridized carbons (Fsp3) is 0.333. The number of aromatic amines is 1. The third-order valence-corrected chi connectivity index (χ3v) is 1.31. The van der Waals surface area contributed by atoms with Gasteiger partial charge in [-0.05, 0) is 0 Å². The van der Waals surface area contributed by atoms with Crippen LogP contribution >= 0.6 is 0 Å². The van der Waals surface area contributed by atoms with Crippen LogP contribution in [0.5, 0.6) is 0 Å². The zero-order valence-corrected chi connectivity index (χ0v) is 10.7. The normalized spacial score (nSPS) is 10.1. The maximum Gasteiger partial charge on any atom is 2.00 e. The molecule has 1 rings (SSSR count). The van der Waals surface area contributed by atoms with Crippen LogP contribution in [-0.4, -0.2) is 27.1 Å². The van der Waals surface area contributed by atoms with E-state index in [0.29, 0.717) is 0 Å². The van der Waals surface area contributed by atoms with Gasteiger partial charge in [-0.2, -0.15) is 0 Å². The molecule has 0 aromatic carbocycles. The van der Waals surface area contributed by atoms with Gasteiger partial charge in [0.15, 0.2) is 0 Å². The van der Waals surface area contributed by atoms with Crippen LogP contribution in [0.4, 0.5) is 0 Å². The average Bonchev–Trinajstić information content (AvgIpc) is 2.39. The number of aliphatic carboxylic acids is 1. The minimum atomic E-state index is -1.00. The quantitative estimate of drug-likeness (QED) is 0.453. The first kappa shape index (κ1) is 19.5. The number of nitrogens with two attached hydrogens (primary N) is 1. The van der Waals surface area contributed by atoms with E-state index in [1.807, 2.05) is 0 Å². The Morgan fingerprint density at radius 3 is 2.57 bits per heavy atom. The molecule has 1 unspecified atom stereocenters. The van der Waals surface area contributed by atoms with Gasteiger partial charge in [-0.3, -0.25) is 4.79 Å². The molecule has 0 spiro atoms. The standard InChI is InChI=1S/C6H9N3O2.2ClH.Pt/c7-5(6(10)11)1-4-2-8-3-9-4;;;/h2-3,5H,1,7H2,(H,8,9)(H,10,11);2*1H;/q;;;+2/p-2. The molecule has 1 heterocycles. The number of hydrogen-bond acceptors (Lipinski definition) is 3. The van der Waals surface area contributed by atoms with Gasteiger partial charge in [0.2, 0.25) is 0 Å². The summed E-state index contributed by atoms with van der Waals surface area (Å²) in [5.41, 5.74) is 6.00. The average molecular weight is 421 g/mol. The van der Waals surface area contributed by atoms with Gasteiger partial charge in [0, 0.05) is 18.3 Å². The molecule has 0 aliphatic rings. The predicted octanol–water partition coefficient (Wildman–Crippen LogP) is -6.63. The van der Waals surface area contributed by atoms with Gasteiger partial charge in [-0.1, -0.05) is 0 Å². The smallest absolute Gasteiger partial charge is 1.00 e. The van der Waals surface area contributed by atoms with E-state index < -0.39 is 12.0 Å². The zero-order chi connectivity index (χ0) is 8.27. The van der Waals surface area contributed by atoms with E-state index >= 15 is 0 Å². The van der Waals surface area contributed by atoms with Crippen LogP contribution in [-0.2, 0) is 32.3 Å².